The van der Waals surface area contributed by atoms with E-state index in [1.54, 1.807) is 0 Å². The summed E-state index contributed by atoms with van der Waals surface area (Å²) in [5.74, 6) is 0. The first-order valence-corrected chi connectivity index (χ1v) is 5.01. The Morgan fingerprint density at radius 2 is 2.07 bits per heavy atom. The molecular formula is C10H18FNO2. The molecule has 0 aromatic heterocycles. The molecule has 2 unspecified atom stereocenters. The molecule has 1 amide bonds. The summed E-state index contributed by atoms with van der Waals surface area (Å²) in [5, 5.41) is 2.64. The quantitative estimate of drug-likeness (QED) is 0.710. The monoisotopic (exact) mass is 203 g/mol. The van der Waals surface area contributed by atoms with Gasteiger partial charge in [0.2, 0.25) is 0 Å². The van der Waals surface area contributed by atoms with Crippen molar-refractivity contribution < 1.29 is 13.9 Å². The first-order valence-electron chi connectivity index (χ1n) is 5.01. The number of amides is 1. The minimum atomic E-state index is -0.985. The Kier molecular flexibility index (Phi) is 3.34. The Balaban J connectivity index is 2.33. The number of carbonyl (C=O) groups excluding carboxylic acids is 1. The average Bonchev–Trinajstić information content (AvgIpc) is 2.32. The minimum Gasteiger partial charge on any atom is -0.443 e. The van der Waals surface area contributed by atoms with E-state index in [-0.39, 0.29) is 5.54 Å². The normalized spacial score (nSPS) is 27.4. The predicted octanol–water partition coefficient (Wildman–Crippen LogP) is 2.40. The third kappa shape index (κ3) is 3.52. The van der Waals surface area contributed by atoms with Gasteiger partial charge < -0.3 is 10.1 Å². The molecule has 1 N–H and O–H groups in total. The Hall–Kier alpha value is -0.800. The molecule has 0 radical (unpaired) electrons. The number of ether oxygens (including phenoxy) is 1. The third-order valence-corrected chi connectivity index (χ3v) is 2.11. The Morgan fingerprint density at radius 3 is 2.50 bits per heavy atom. The Morgan fingerprint density at radius 1 is 1.43 bits per heavy atom. The Bertz CT molecular complexity index is 213. The van der Waals surface area contributed by atoms with Gasteiger partial charge in [-0.25, -0.2) is 9.18 Å². The lowest BCUT2D eigenvalue weighted by Crippen LogP contribution is -2.42. The van der Waals surface area contributed by atoms with E-state index in [4.69, 9.17) is 4.74 Å². The molecule has 1 rings (SSSR count). The predicted molar refractivity (Wildman–Crippen MR) is 51.9 cm³/mol. The lowest BCUT2D eigenvalue weighted by Gasteiger charge is -2.22. The van der Waals surface area contributed by atoms with Crippen LogP contribution in [0, 0.1) is 0 Å². The molecule has 0 aliphatic heterocycles. The molecule has 14 heavy (non-hydrogen) atoms. The fraction of sp³-hybridized carbons (Fsp3) is 0.900. The van der Waals surface area contributed by atoms with Crippen LogP contribution in [0.2, 0.25) is 0 Å². The van der Waals surface area contributed by atoms with Gasteiger partial charge >= 0.3 is 6.09 Å². The van der Waals surface area contributed by atoms with Crippen molar-refractivity contribution in [2.24, 2.45) is 0 Å². The highest BCUT2D eigenvalue weighted by molar-refractivity contribution is 5.68. The van der Waals surface area contributed by atoms with Gasteiger partial charge in [0.05, 0.1) is 0 Å². The summed E-state index contributed by atoms with van der Waals surface area (Å²) >= 11 is 0. The van der Waals surface area contributed by atoms with Crippen molar-refractivity contribution in [3.8, 4) is 0 Å². The smallest absolute Gasteiger partial charge is 0.407 e. The van der Waals surface area contributed by atoms with Crippen LogP contribution in [0.3, 0.4) is 0 Å². The van der Waals surface area contributed by atoms with E-state index in [1.807, 2.05) is 20.8 Å². The van der Waals surface area contributed by atoms with Crippen molar-refractivity contribution in [3.05, 3.63) is 0 Å². The SMILES string of the molecule is CC(C)(C)NC(=O)OC1CCCC1F. The van der Waals surface area contributed by atoms with Gasteiger partial charge in [-0.05, 0) is 40.0 Å². The molecule has 2 atom stereocenters. The van der Waals surface area contributed by atoms with Crippen molar-refractivity contribution in [2.45, 2.75) is 57.8 Å². The van der Waals surface area contributed by atoms with Gasteiger partial charge in [0, 0.05) is 5.54 Å². The van der Waals surface area contributed by atoms with Crippen LogP contribution in [0.1, 0.15) is 40.0 Å². The van der Waals surface area contributed by atoms with Gasteiger partial charge in [-0.2, -0.15) is 0 Å². The largest absolute Gasteiger partial charge is 0.443 e. The van der Waals surface area contributed by atoms with Gasteiger partial charge in [-0.1, -0.05) is 0 Å². The van der Waals surface area contributed by atoms with Crippen LogP contribution in [0.25, 0.3) is 0 Å². The molecular weight excluding hydrogens is 185 g/mol. The van der Waals surface area contributed by atoms with Gasteiger partial charge in [-0.15, -0.1) is 0 Å². The molecule has 82 valence electrons. The zero-order valence-corrected chi connectivity index (χ0v) is 8.97. The molecule has 1 aliphatic rings. The maximum Gasteiger partial charge on any atom is 0.407 e. The van der Waals surface area contributed by atoms with Crippen molar-refractivity contribution in [1.29, 1.82) is 0 Å². The van der Waals surface area contributed by atoms with Crippen LogP contribution in [-0.4, -0.2) is 23.9 Å². The average molecular weight is 203 g/mol. The Labute approximate surface area is 84.0 Å². The van der Waals surface area contributed by atoms with Crippen molar-refractivity contribution in [3.63, 3.8) is 0 Å². The van der Waals surface area contributed by atoms with Gasteiger partial charge in [0.1, 0.15) is 12.3 Å². The van der Waals surface area contributed by atoms with Crippen molar-refractivity contribution >= 4 is 6.09 Å². The molecule has 1 saturated carbocycles. The highest BCUT2D eigenvalue weighted by Crippen LogP contribution is 2.24. The van der Waals surface area contributed by atoms with Gasteiger partial charge in [0.25, 0.3) is 0 Å². The van der Waals surface area contributed by atoms with E-state index in [9.17, 15) is 9.18 Å². The summed E-state index contributed by atoms with van der Waals surface area (Å²) in [4.78, 5) is 11.3. The molecule has 0 aromatic rings. The molecule has 0 aromatic carbocycles. The van der Waals surface area contributed by atoms with Crippen LogP contribution >= 0.6 is 0 Å². The summed E-state index contributed by atoms with van der Waals surface area (Å²) < 4.78 is 18.1. The van der Waals surface area contributed by atoms with E-state index >= 15 is 0 Å². The van der Waals surface area contributed by atoms with Crippen molar-refractivity contribution in [1.82, 2.24) is 5.32 Å². The molecule has 1 fully saturated rings. The number of hydrogen-bond acceptors (Lipinski definition) is 2. The van der Waals surface area contributed by atoms with Gasteiger partial charge in [0.15, 0.2) is 0 Å². The standard InChI is InChI=1S/C10H18FNO2/c1-10(2,3)12-9(13)14-8-6-4-5-7(8)11/h7-8H,4-6H2,1-3H3,(H,12,13). The maximum atomic E-state index is 13.1. The molecule has 0 heterocycles. The number of rotatable bonds is 1. The van der Waals surface area contributed by atoms with Crippen molar-refractivity contribution in [2.75, 3.05) is 0 Å². The van der Waals surface area contributed by atoms with Crippen LogP contribution in [0.15, 0.2) is 0 Å². The van der Waals surface area contributed by atoms with E-state index in [2.05, 4.69) is 5.32 Å². The molecule has 1 aliphatic carbocycles. The fourth-order valence-electron chi connectivity index (χ4n) is 1.49. The summed E-state index contributed by atoms with van der Waals surface area (Å²) in [6.45, 7) is 5.57. The summed E-state index contributed by atoms with van der Waals surface area (Å²) in [6.07, 6.45) is -0.106. The lowest BCUT2D eigenvalue weighted by molar-refractivity contribution is 0.0565. The molecule has 0 saturated heterocycles. The summed E-state index contributed by atoms with van der Waals surface area (Å²) in [6, 6.07) is 0. The van der Waals surface area contributed by atoms with E-state index < -0.39 is 18.4 Å². The van der Waals surface area contributed by atoms with Crippen LogP contribution in [0.5, 0.6) is 0 Å². The molecule has 0 bridgehead atoms. The topological polar surface area (TPSA) is 38.3 Å². The van der Waals surface area contributed by atoms with E-state index in [0.29, 0.717) is 12.8 Å². The first-order chi connectivity index (χ1) is 6.38. The molecule has 3 nitrogen and oxygen atoms in total. The van der Waals surface area contributed by atoms with E-state index in [1.165, 1.54) is 0 Å². The van der Waals surface area contributed by atoms with E-state index in [0.717, 1.165) is 6.42 Å². The first kappa shape index (κ1) is 11.3. The lowest BCUT2D eigenvalue weighted by atomic mass is 10.1. The maximum absolute atomic E-state index is 13.1. The van der Waals surface area contributed by atoms with Crippen LogP contribution in [0.4, 0.5) is 9.18 Å². The second kappa shape index (κ2) is 4.15. The number of halogens is 1. The highest BCUT2D eigenvalue weighted by Gasteiger charge is 2.30. The zero-order chi connectivity index (χ0) is 10.8. The number of hydrogen-bond donors (Lipinski definition) is 1. The van der Waals surface area contributed by atoms with Gasteiger partial charge in [-0.3, -0.25) is 0 Å². The fourth-order valence-corrected chi connectivity index (χ4v) is 1.49. The molecule has 4 heteroatoms. The minimum absolute atomic E-state index is 0.332. The number of nitrogens with one attached hydrogen (secondary N) is 1. The number of carbonyl (C=O) groups is 1. The van der Waals surface area contributed by atoms with Crippen LogP contribution in [-0.2, 0) is 4.74 Å². The number of alkyl carbamates (subject to hydrolysis) is 1. The highest BCUT2D eigenvalue weighted by atomic mass is 19.1. The summed E-state index contributed by atoms with van der Waals surface area (Å²) in [7, 11) is 0. The summed E-state index contributed by atoms with van der Waals surface area (Å²) in [5.41, 5.74) is -0.332. The number of alkyl halides is 1. The van der Waals surface area contributed by atoms with Crippen LogP contribution < -0.4 is 5.32 Å². The zero-order valence-electron chi connectivity index (χ0n) is 8.97. The second-order valence-corrected chi connectivity index (χ2v) is 4.77. The third-order valence-electron chi connectivity index (χ3n) is 2.11. The molecule has 0 spiro atoms. The second-order valence-electron chi connectivity index (χ2n) is 4.77.